The van der Waals surface area contributed by atoms with Gasteiger partial charge in [-0.05, 0) is 48.6 Å². The van der Waals surface area contributed by atoms with Crippen molar-refractivity contribution in [3.63, 3.8) is 0 Å². The summed E-state index contributed by atoms with van der Waals surface area (Å²) in [5.74, 6) is -0.234. The van der Waals surface area contributed by atoms with Crippen LogP contribution in [0.3, 0.4) is 0 Å². The molecule has 10 heteroatoms. The molecule has 39 heavy (non-hydrogen) atoms. The van der Waals surface area contributed by atoms with E-state index in [4.69, 9.17) is 20.6 Å². The number of Topliss-reactive ketones (excluding diaryl/α,β-unsaturated/α-hetero) is 1. The summed E-state index contributed by atoms with van der Waals surface area (Å²) in [6.45, 7) is 8.37. The molecule has 0 aliphatic carbocycles. The molecule has 2 aromatic rings. The molecule has 3 rings (SSSR count). The normalized spacial score (nSPS) is 12.8. The predicted molar refractivity (Wildman–Crippen MR) is 148 cm³/mol. The number of fused-ring (bicyclic) bond motifs is 1. The van der Waals surface area contributed by atoms with Gasteiger partial charge in [-0.15, -0.1) is 0 Å². The first-order valence-corrected chi connectivity index (χ1v) is 12.9. The van der Waals surface area contributed by atoms with Crippen molar-refractivity contribution in [2.75, 3.05) is 33.9 Å². The van der Waals surface area contributed by atoms with Crippen LogP contribution >= 0.6 is 0 Å². The highest BCUT2D eigenvalue weighted by Crippen LogP contribution is 2.39. The SMILES string of the molecule is CCOc1cc2c(cc1C(=O)N(C)C)C(=N)N(CC(=O)c1cc(OCCCC(N)=O)c(O)c(C(C)(C)C)c1)C2. The monoisotopic (exact) mass is 538 g/mol. The minimum atomic E-state index is -0.479. The number of ketones is 1. The van der Waals surface area contributed by atoms with E-state index in [2.05, 4.69) is 0 Å². The number of aromatic hydroxyl groups is 1. The number of phenolic OH excluding ortho intramolecular Hbond substituents is 1. The Hall–Kier alpha value is -4.08. The molecule has 210 valence electrons. The van der Waals surface area contributed by atoms with Gasteiger partial charge < -0.3 is 30.1 Å². The summed E-state index contributed by atoms with van der Waals surface area (Å²) in [6, 6.07) is 6.57. The quantitative estimate of drug-likeness (QED) is 0.293. The fourth-order valence-electron chi connectivity index (χ4n) is 4.39. The minimum absolute atomic E-state index is 0.0546. The van der Waals surface area contributed by atoms with Crippen LogP contribution in [0.5, 0.6) is 17.2 Å². The smallest absolute Gasteiger partial charge is 0.257 e. The number of ether oxygens (including phenoxy) is 2. The maximum Gasteiger partial charge on any atom is 0.257 e. The molecular formula is C29H38N4O6. The van der Waals surface area contributed by atoms with Crippen molar-refractivity contribution in [2.24, 2.45) is 5.73 Å². The van der Waals surface area contributed by atoms with Crippen molar-refractivity contribution in [3.05, 3.63) is 52.1 Å². The highest BCUT2D eigenvalue weighted by atomic mass is 16.5. The van der Waals surface area contributed by atoms with Crippen molar-refractivity contribution in [2.45, 2.75) is 52.5 Å². The van der Waals surface area contributed by atoms with Gasteiger partial charge in [-0.1, -0.05) is 20.8 Å². The lowest BCUT2D eigenvalue weighted by Crippen LogP contribution is -2.30. The van der Waals surface area contributed by atoms with Crippen molar-refractivity contribution in [3.8, 4) is 17.2 Å². The van der Waals surface area contributed by atoms with Gasteiger partial charge in [0.25, 0.3) is 5.91 Å². The van der Waals surface area contributed by atoms with E-state index in [1.54, 1.807) is 37.2 Å². The first kappa shape index (κ1) is 29.5. The van der Waals surface area contributed by atoms with Crippen LogP contribution in [0.15, 0.2) is 24.3 Å². The van der Waals surface area contributed by atoms with Crippen molar-refractivity contribution < 1.29 is 29.0 Å². The largest absolute Gasteiger partial charge is 0.504 e. The topological polar surface area (TPSA) is 146 Å². The van der Waals surface area contributed by atoms with Crippen molar-refractivity contribution in [1.29, 1.82) is 5.41 Å². The van der Waals surface area contributed by atoms with Crippen LogP contribution < -0.4 is 15.2 Å². The molecule has 0 atom stereocenters. The molecule has 1 aliphatic heterocycles. The first-order valence-electron chi connectivity index (χ1n) is 12.9. The average Bonchev–Trinajstić information content (AvgIpc) is 3.14. The van der Waals surface area contributed by atoms with E-state index in [9.17, 15) is 19.5 Å². The standard InChI is InChI=1S/C29H38N4O6/c1-7-38-23-13-18-15-33(27(31)19(18)14-20(23)28(37)32(5)6)16-22(34)17-11-21(29(2,3)4)26(36)24(12-17)39-10-8-9-25(30)35/h11-14,31,36H,7-10,15-16H2,1-6H3,(H2,30,35). The third-order valence-corrected chi connectivity index (χ3v) is 6.44. The fourth-order valence-corrected chi connectivity index (χ4v) is 4.39. The maximum atomic E-state index is 13.5. The van der Waals surface area contributed by atoms with Gasteiger partial charge in [-0.25, -0.2) is 0 Å². The lowest BCUT2D eigenvalue weighted by atomic mass is 9.84. The summed E-state index contributed by atoms with van der Waals surface area (Å²) in [7, 11) is 3.31. The molecule has 0 saturated carbocycles. The van der Waals surface area contributed by atoms with Gasteiger partial charge in [-0.3, -0.25) is 19.8 Å². The molecule has 0 unspecified atom stereocenters. The van der Waals surface area contributed by atoms with Crippen molar-refractivity contribution in [1.82, 2.24) is 9.80 Å². The molecule has 0 aromatic heterocycles. The summed E-state index contributed by atoms with van der Waals surface area (Å²) in [6.07, 6.45) is 0.527. The van der Waals surface area contributed by atoms with E-state index < -0.39 is 11.3 Å². The Labute approximate surface area is 229 Å². The predicted octanol–water partition coefficient (Wildman–Crippen LogP) is 3.46. The van der Waals surface area contributed by atoms with Gasteiger partial charge >= 0.3 is 0 Å². The van der Waals surface area contributed by atoms with Crippen LogP contribution in [0, 0.1) is 5.41 Å². The number of carbonyl (C=O) groups is 3. The zero-order valence-electron chi connectivity index (χ0n) is 23.5. The van der Waals surface area contributed by atoms with Crippen LogP contribution in [0.25, 0.3) is 0 Å². The molecule has 1 heterocycles. The van der Waals surface area contributed by atoms with Crippen LogP contribution in [0.1, 0.15) is 77.9 Å². The third-order valence-electron chi connectivity index (χ3n) is 6.44. The Balaban J connectivity index is 1.88. The average molecular weight is 539 g/mol. The number of hydrogen-bond acceptors (Lipinski definition) is 7. The minimum Gasteiger partial charge on any atom is -0.504 e. The van der Waals surface area contributed by atoms with Gasteiger partial charge in [0.05, 0.1) is 25.3 Å². The zero-order valence-corrected chi connectivity index (χ0v) is 23.5. The molecule has 0 spiro atoms. The second-order valence-corrected chi connectivity index (χ2v) is 10.8. The summed E-state index contributed by atoms with van der Waals surface area (Å²) in [5.41, 5.74) is 7.34. The van der Waals surface area contributed by atoms with Crippen molar-refractivity contribution >= 4 is 23.4 Å². The maximum absolute atomic E-state index is 13.5. The number of phenols is 1. The molecule has 2 amide bonds. The number of benzene rings is 2. The Morgan fingerprint density at radius 3 is 2.38 bits per heavy atom. The number of hydrogen-bond donors (Lipinski definition) is 3. The lowest BCUT2D eigenvalue weighted by molar-refractivity contribution is -0.118. The molecule has 0 fully saturated rings. The first-order chi connectivity index (χ1) is 18.2. The van der Waals surface area contributed by atoms with Crippen LogP contribution in [0.2, 0.25) is 0 Å². The van der Waals surface area contributed by atoms with Gasteiger partial charge in [0, 0.05) is 43.8 Å². The Morgan fingerprint density at radius 1 is 1.10 bits per heavy atom. The Morgan fingerprint density at radius 2 is 1.79 bits per heavy atom. The summed E-state index contributed by atoms with van der Waals surface area (Å²) >= 11 is 0. The number of nitrogens with one attached hydrogen (secondary N) is 1. The van der Waals surface area contributed by atoms with E-state index in [1.165, 1.54) is 11.0 Å². The van der Waals surface area contributed by atoms with E-state index in [0.29, 0.717) is 47.6 Å². The number of nitrogens with zero attached hydrogens (tertiary/aromatic N) is 2. The number of nitrogens with two attached hydrogens (primary N) is 1. The van der Waals surface area contributed by atoms with Gasteiger partial charge in [0.15, 0.2) is 17.3 Å². The highest BCUT2D eigenvalue weighted by molar-refractivity contribution is 6.07. The summed E-state index contributed by atoms with van der Waals surface area (Å²) < 4.78 is 11.4. The van der Waals surface area contributed by atoms with E-state index in [-0.39, 0.29) is 48.6 Å². The lowest BCUT2D eigenvalue weighted by Gasteiger charge is -2.24. The molecule has 0 radical (unpaired) electrons. The second-order valence-electron chi connectivity index (χ2n) is 10.8. The van der Waals surface area contributed by atoms with Gasteiger partial charge in [-0.2, -0.15) is 0 Å². The third kappa shape index (κ3) is 6.68. The Bertz CT molecular complexity index is 1300. The fraction of sp³-hybridized carbons (Fsp3) is 0.448. The molecule has 10 nitrogen and oxygen atoms in total. The van der Waals surface area contributed by atoms with Gasteiger partial charge in [0.1, 0.15) is 11.6 Å². The number of rotatable bonds is 11. The Kier molecular flexibility index (Phi) is 8.88. The van der Waals surface area contributed by atoms with Gasteiger partial charge in [0.2, 0.25) is 5.91 Å². The van der Waals surface area contributed by atoms with E-state index in [0.717, 1.165) is 5.56 Å². The van der Waals surface area contributed by atoms with E-state index in [1.807, 2.05) is 27.7 Å². The number of primary amides is 1. The number of amides is 2. The zero-order chi connectivity index (χ0) is 29.1. The number of carbonyl (C=O) groups excluding carboxylic acids is 3. The summed E-state index contributed by atoms with van der Waals surface area (Å²) in [4.78, 5) is 40.3. The molecular weight excluding hydrogens is 500 g/mol. The molecule has 0 bridgehead atoms. The molecule has 4 N–H and O–H groups in total. The van der Waals surface area contributed by atoms with E-state index >= 15 is 0 Å². The molecule has 0 saturated heterocycles. The number of amidine groups is 1. The molecule has 2 aromatic carbocycles. The summed E-state index contributed by atoms with van der Waals surface area (Å²) in [5, 5.41) is 19.6. The second kappa shape index (κ2) is 11.8. The molecule has 1 aliphatic rings. The highest BCUT2D eigenvalue weighted by Gasteiger charge is 2.31. The van der Waals surface area contributed by atoms with Crippen LogP contribution in [-0.4, -0.2) is 72.2 Å². The van der Waals surface area contributed by atoms with Crippen LogP contribution in [0.4, 0.5) is 0 Å². The van der Waals surface area contributed by atoms with Crippen LogP contribution in [-0.2, 0) is 16.8 Å².